The summed E-state index contributed by atoms with van der Waals surface area (Å²) >= 11 is 0. The maximum atomic E-state index is 13.1. The van der Waals surface area contributed by atoms with E-state index in [4.69, 9.17) is 4.74 Å². The fourth-order valence-electron chi connectivity index (χ4n) is 3.63. The summed E-state index contributed by atoms with van der Waals surface area (Å²) in [6.45, 7) is 3.04. The van der Waals surface area contributed by atoms with Crippen molar-refractivity contribution in [2.24, 2.45) is 5.92 Å². The Kier molecular flexibility index (Phi) is 5.21. The van der Waals surface area contributed by atoms with Crippen LogP contribution in [0.1, 0.15) is 40.6 Å². The molecule has 1 aliphatic rings. The standard InChI is InChI=1S/C20H22FN5O2/c1-13-18(12-25-26(13)17-6-4-16(21)5-7-17)20(27)22-9-14-3-2-8-28-19(14)15-10-23-24-11-15/h4-7,10-12,14,19H,2-3,8-9H2,1H3,(H,22,27)(H,23,24)/t14-,19+/m0/s1. The fourth-order valence-corrected chi connectivity index (χ4v) is 3.63. The molecular formula is C20H22FN5O2. The number of carbonyl (C=O) groups excluding carboxylic acids is 1. The van der Waals surface area contributed by atoms with Crippen molar-refractivity contribution < 1.29 is 13.9 Å². The number of ether oxygens (including phenoxy) is 1. The van der Waals surface area contributed by atoms with Crippen LogP contribution in [0.3, 0.4) is 0 Å². The van der Waals surface area contributed by atoms with Crippen molar-refractivity contribution in [2.45, 2.75) is 25.9 Å². The van der Waals surface area contributed by atoms with Gasteiger partial charge in [0.2, 0.25) is 0 Å². The number of rotatable bonds is 5. The number of halogens is 1. The molecule has 0 radical (unpaired) electrons. The van der Waals surface area contributed by atoms with E-state index in [1.165, 1.54) is 12.1 Å². The predicted octanol–water partition coefficient (Wildman–Crippen LogP) is 2.94. The molecule has 2 aromatic heterocycles. The molecule has 0 bridgehead atoms. The Labute approximate surface area is 161 Å². The molecule has 1 fully saturated rings. The van der Waals surface area contributed by atoms with Crippen LogP contribution in [0.25, 0.3) is 5.69 Å². The number of carbonyl (C=O) groups is 1. The summed E-state index contributed by atoms with van der Waals surface area (Å²) in [6.07, 6.45) is 7.01. The highest BCUT2D eigenvalue weighted by Gasteiger charge is 2.29. The summed E-state index contributed by atoms with van der Waals surface area (Å²) in [5.74, 6) is -0.307. The number of benzene rings is 1. The molecule has 3 aromatic rings. The minimum Gasteiger partial charge on any atom is -0.373 e. The van der Waals surface area contributed by atoms with E-state index >= 15 is 0 Å². The van der Waals surface area contributed by atoms with Crippen molar-refractivity contribution in [1.82, 2.24) is 25.3 Å². The largest absolute Gasteiger partial charge is 0.373 e. The smallest absolute Gasteiger partial charge is 0.254 e. The molecular weight excluding hydrogens is 361 g/mol. The monoisotopic (exact) mass is 383 g/mol. The first-order chi connectivity index (χ1) is 13.6. The van der Waals surface area contributed by atoms with Gasteiger partial charge in [0.1, 0.15) is 5.82 Å². The number of nitrogens with one attached hydrogen (secondary N) is 2. The molecule has 0 aliphatic carbocycles. The molecule has 3 heterocycles. The maximum Gasteiger partial charge on any atom is 0.254 e. The molecule has 1 amide bonds. The predicted molar refractivity (Wildman–Crippen MR) is 101 cm³/mol. The van der Waals surface area contributed by atoms with Crippen molar-refractivity contribution in [3.8, 4) is 5.69 Å². The number of aromatic nitrogens is 4. The molecule has 1 aromatic carbocycles. The molecule has 0 spiro atoms. The van der Waals surface area contributed by atoms with Gasteiger partial charge in [0.15, 0.2) is 0 Å². The van der Waals surface area contributed by atoms with Gasteiger partial charge >= 0.3 is 0 Å². The zero-order valence-corrected chi connectivity index (χ0v) is 15.6. The summed E-state index contributed by atoms with van der Waals surface area (Å²) in [4.78, 5) is 12.7. The van der Waals surface area contributed by atoms with E-state index in [-0.39, 0.29) is 23.7 Å². The topological polar surface area (TPSA) is 84.8 Å². The molecule has 8 heteroatoms. The average molecular weight is 383 g/mol. The maximum absolute atomic E-state index is 13.1. The van der Waals surface area contributed by atoms with Crippen molar-refractivity contribution >= 4 is 5.91 Å². The molecule has 146 valence electrons. The Morgan fingerprint density at radius 3 is 2.93 bits per heavy atom. The van der Waals surface area contributed by atoms with E-state index in [2.05, 4.69) is 20.6 Å². The van der Waals surface area contributed by atoms with Crippen LogP contribution in [0.4, 0.5) is 4.39 Å². The number of H-pyrrole nitrogens is 1. The highest BCUT2D eigenvalue weighted by molar-refractivity contribution is 5.95. The third-order valence-electron chi connectivity index (χ3n) is 5.14. The highest BCUT2D eigenvalue weighted by atomic mass is 19.1. The van der Waals surface area contributed by atoms with Gasteiger partial charge in [-0.25, -0.2) is 9.07 Å². The lowest BCUT2D eigenvalue weighted by molar-refractivity contribution is -0.0272. The molecule has 7 nitrogen and oxygen atoms in total. The zero-order valence-electron chi connectivity index (χ0n) is 15.6. The van der Waals surface area contributed by atoms with Crippen LogP contribution < -0.4 is 5.32 Å². The number of amides is 1. The van der Waals surface area contributed by atoms with Gasteiger partial charge in [0.25, 0.3) is 5.91 Å². The lowest BCUT2D eigenvalue weighted by atomic mass is 9.91. The summed E-state index contributed by atoms with van der Waals surface area (Å²) < 4.78 is 20.7. The third-order valence-corrected chi connectivity index (χ3v) is 5.14. The van der Waals surface area contributed by atoms with Crippen molar-refractivity contribution in [3.63, 3.8) is 0 Å². The average Bonchev–Trinajstić information content (AvgIpc) is 3.37. The second-order valence-corrected chi connectivity index (χ2v) is 6.97. The number of aromatic amines is 1. The third kappa shape index (κ3) is 3.68. The van der Waals surface area contributed by atoms with Gasteiger partial charge in [-0.05, 0) is 44.0 Å². The first-order valence-electron chi connectivity index (χ1n) is 9.32. The van der Waals surface area contributed by atoms with E-state index in [1.54, 1.807) is 29.2 Å². The van der Waals surface area contributed by atoms with Gasteiger partial charge in [-0.1, -0.05) is 0 Å². The highest BCUT2D eigenvalue weighted by Crippen LogP contribution is 2.32. The van der Waals surface area contributed by atoms with E-state index in [0.29, 0.717) is 30.1 Å². The molecule has 4 rings (SSSR count). The van der Waals surface area contributed by atoms with E-state index in [9.17, 15) is 9.18 Å². The van der Waals surface area contributed by atoms with Crippen molar-refractivity contribution in [1.29, 1.82) is 0 Å². The van der Waals surface area contributed by atoms with Crippen LogP contribution in [0.5, 0.6) is 0 Å². The lowest BCUT2D eigenvalue weighted by Crippen LogP contribution is -2.35. The molecule has 1 aliphatic heterocycles. The fraction of sp³-hybridized carbons (Fsp3) is 0.350. The summed E-state index contributed by atoms with van der Waals surface area (Å²) in [5, 5.41) is 14.1. The molecule has 2 atom stereocenters. The Hall–Kier alpha value is -3.00. The van der Waals surface area contributed by atoms with E-state index in [1.807, 2.05) is 13.1 Å². The second-order valence-electron chi connectivity index (χ2n) is 6.97. The normalized spacial score (nSPS) is 19.5. The Morgan fingerprint density at radius 2 is 2.18 bits per heavy atom. The minimum absolute atomic E-state index is 0.0733. The van der Waals surface area contributed by atoms with Gasteiger partial charge in [-0.15, -0.1) is 0 Å². The molecule has 2 N–H and O–H groups in total. The van der Waals surface area contributed by atoms with Gasteiger partial charge in [0, 0.05) is 30.8 Å². The first kappa shape index (κ1) is 18.4. The van der Waals surface area contributed by atoms with Gasteiger partial charge < -0.3 is 10.1 Å². The summed E-state index contributed by atoms with van der Waals surface area (Å²) in [6, 6.07) is 6.00. The number of hydrogen-bond acceptors (Lipinski definition) is 4. The lowest BCUT2D eigenvalue weighted by Gasteiger charge is -2.31. The SMILES string of the molecule is Cc1c(C(=O)NC[C@@H]2CCCO[C@H]2c2cn[nH]c2)cnn1-c1ccc(F)cc1. The molecule has 0 saturated carbocycles. The Morgan fingerprint density at radius 1 is 1.36 bits per heavy atom. The Bertz CT molecular complexity index is 936. The summed E-state index contributed by atoms with van der Waals surface area (Å²) in [5.41, 5.74) is 2.91. The van der Waals surface area contributed by atoms with Crippen LogP contribution in [0, 0.1) is 18.7 Å². The second kappa shape index (κ2) is 7.93. The van der Waals surface area contributed by atoms with Gasteiger partial charge in [0.05, 0.1) is 35.4 Å². The number of hydrogen-bond donors (Lipinski definition) is 2. The molecule has 0 unspecified atom stereocenters. The van der Waals surface area contributed by atoms with Crippen LogP contribution in [-0.4, -0.2) is 39.0 Å². The van der Waals surface area contributed by atoms with Gasteiger partial charge in [-0.3, -0.25) is 9.89 Å². The molecule has 28 heavy (non-hydrogen) atoms. The van der Waals surface area contributed by atoms with Crippen molar-refractivity contribution in [3.05, 3.63) is 65.5 Å². The van der Waals surface area contributed by atoms with E-state index < -0.39 is 0 Å². The minimum atomic E-state index is -0.312. The zero-order chi connectivity index (χ0) is 19.5. The molecule has 1 saturated heterocycles. The van der Waals surface area contributed by atoms with Crippen LogP contribution >= 0.6 is 0 Å². The number of nitrogens with zero attached hydrogens (tertiary/aromatic N) is 3. The quantitative estimate of drug-likeness (QED) is 0.709. The van der Waals surface area contributed by atoms with Gasteiger partial charge in [-0.2, -0.15) is 10.2 Å². The van der Waals surface area contributed by atoms with Crippen molar-refractivity contribution in [2.75, 3.05) is 13.2 Å². The summed E-state index contributed by atoms with van der Waals surface area (Å²) in [7, 11) is 0. The Balaban J connectivity index is 1.44. The van der Waals surface area contributed by atoms with Crippen LogP contribution in [-0.2, 0) is 4.74 Å². The first-order valence-corrected chi connectivity index (χ1v) is 9.32. The van der Waals surface area contributed by atoms with Crippen LogP contribution in [0.15, 0.2) is 42.9 Å². The van der Waals surface area contributed by atoms with Crippen LogP contribution in [0.2, 0.25) is 0 Å². The van der Waals surface area contributed by atoms with E-state index in [0.717, 1.165) is 18.4 Å².